The number of esters is 1. The molecular weight excluding hydrogens is 841 g/mol. The number of pyridine rings is 1. The molecule has 2 saturated heterocycles. The van der Waals surface area contributed by atoms with E-state index in [0.717, 1.165) is 38.9 Å². The smallest absolute Gasteiger partial charge is 0.324 e. The molecule has 6 bridgehead atoms. The average Bonchev–Trinajstić information content (AvgIpc) is 3.92. The number of nitrogens with one attached hydrogen (secondary N) is 2. The summed E-state index contributed by atoms with van der Waals surface area (Å²) >= 11 is 0. The van der Waals surface area contributed by atoms with Crippen LogP contribution in [-0.2, 0) is 52.8 Å². The van der Waals surface area contributed by atoms with E-state index in [2.05, 4.69) is 53.2 Å². The molecular formula is C50H66N8O8. The predicted octanol–water partition coefficient (Wildman–Crippen LogP) is 4.74. The number of amides is 4. The SMILES string of the molecule is CCn1c(-c2cnccc2[C@H](C)OC)c2c3cc(ccc31)-c1cc(O)cc(c1)C[C@H](NC(=O)[C@H](C(C)C)N(C)C(=O)[C@H]1CCN(C(=O)CN)C1)C(=O)N1CCC[C@H](N1)C(=O)OCC(C)(C)C2. The van der Waals surface area contributed by atoms with Crippen molar-refractivity contribution in [1.29, 1.82) is 0 Å². The van der Waals surface area contributed by atoms with Crippen molar-refractivity contribution < 1.29 is 38.6 Å². The van der Waals surface area contributed by atoms with Crippen LogP contribution >= 0.6 is 0 Å². The molecule has 0 spiro atoms. The number of nitrogens with two attached hydrogens (primary N) is 1. The molecule has 354 valence electrons. The lowest BCUT2D eigenvalue weighted by atomic mass is 9.84. The van der Waals surface area contributed by atoms with Crippen molar-refractivity contribution in [3.8, 4) is 28.1 Å². The van der Waals surface area contributed by atoms with Crippen LogP contribution in [0.2, 0.25) is 0 Å². The number of carbonyl (C=O) groups excluding carboxylic acids is 5. The first-order valence-electron chi connectivity index (χ1n) is 23.2. The first kappa shape index (κ1) is 48.1. The number of cyclic esters (lactones) is 1. The van der Waals surface area contributed by atoms with E-state index in [0.29, 0.717) is 49.9 Å². The van der Waals surface area contributed by atoms with Gasteiger partial charge in [-0.1, -0.05) is 39.8 Å². The first-order chi connectivity index (χ1) is 31.4. The second-order valence-electron chi connectivity index (χ2n) is 19.2. The third-order valence-corrected chi connectivity index (χ3v) is 13.5. The number of phenols is 1. The van der Waals surface area contributed by atoms with Gasteiger partial charge in [0, 0.05) is 81.0 Å². The van der Waals surface area contributed by atoms with E-state index in [1.165, 1.54) is 9.91 Å². The molecule has 5 heterocycles. The van der Waals surface area contributed by atoms with Crippen molar-refractivity contribution in [2.24, 2.45) is 23.0 Å². The topological polar surface area (TPSA) is 202 Å². The molecule has 66 heavy (non-hydrogen) atoms. The molecule has 0 radical (unpaired) electrons. The van der Waals surface area contributed by atoms with Crippen molar-refractivity contribution in [3.05, 3.63) is 71.5 Å². The van der Waals surface area contributed by atoms with Gasteiger partial charge in [0.25, 0.3) is 5.91 Å². The molecule has 0 unspecified atom stereocenters. The molecule has 5 N–H and O–H groups in total. The van der Waals surface area contributed by atoms with Crippen molar-refractivity contribution in [2.45, 2.75) is 104 Å². The fourth-order valence-corrected chi connectivity index (χ4v) is 10.0. The molecule has 16 nitrogen and oxygen atoms in total. The van der Waals surface area contributed by atoms with Crippen LogP contribution in [0.3, 0.4) is 0 Å². The van der Waals surface area contributed by atoms with Gasteiger partial charge >= 0.3 is 5.97 Å². The number of fused-ring (bicyclic) bond motifs is 6. The fourth-order valence-electron chi connectivity index (χ4n) is 10.0. The van der Waals surface area contributed by atoms with Crippen molar-refractivity contribution in [3.63, 3.8) is 0 Å². The number of nitrogens with zero attached hydrogens (tertiary/aromatic N) is 5. The summed E-state index contributed by atoms with van der Waals surface area (Å²) in [7, 11) is 3.26. The van der Waals surface area contributed by atoms with Crippen molar-refractivity contribution >= 4 is 40.5 Å². The van der Waals surface area contributed by atoms with E-state index in [1.54, 1.807) is 37.4 Å². The lowest BCUT2D eigenvalue weighted by Crippen LogP contribution is -2.62. The maximum Gasteiger partial charge on any atom is 0.324 e. The number of likely N-dealkylation sites (N-methyl/N-ethyl adjacent to an activating group) is 1. The van der Waals surface area contributed by atoms with Crippen LogP contribution in [0.5, 0.6) is 5.75 Å². The summed E-state index contributed by atoms with van der Waals surface area (Å²) in [5.74, 6) is -2.88. The number of phenolic OH excluding ortho intramolecular Hbond substituents is 1. The number of aromatic nitrogens is 2. The number of likely N-dealkylation sites (tertiary alicyclic amines) is 1. The Hall–Kier alpha value is -5.84. The third-order valence-electron chi connectivity index (χ3n) is 13.5. The van der Waals surface area contributed by atoms with Crippen LogP contribution in [0.25, 0.3) is 33.3 Å². The molecule has 4 amide bonds. The van der Waals surface area contributed by atoms with Gasteiger partial charge < -0.3 is 40.0 Å². The zero-order valence-corrected chi connectivity index (χ0v) is 39.6. The van der Waals surface area contributed by atoms with Crippen molar-refractivity contribution in [2.75, 3.05) is 46.9 Å². The van der Waals surface area contributed by atoms with Gasteiger partial charge in [0.1, 0.15) is 23.9 Å². The molecule has 0 aliphatic carbocycles. The summed E-state index contributed by atoms with van der Waals surface area (Å²) in [6.07, 6.45) is 5.36. The second kappa shape index (κ2) is 19.9. The number of carbonyl (C=O) groups is 5. The zero-order valence-electron chi connectivity index (χ0n) is 39.6. The van der Waals surface area contributed by atoms with Gasteiger partial charge in [-0.2, -0.15) is 0 Å². The highest BCUT2D eigenvalue weighted by atomic mass is 16.5. The first-order valence-corrected chi connectivity index (χ1v) is 23.2. The minimum atomic E-state index is -1.17. The van der Waals surface area contributed by atoms with E-state index in [4.69, 9.17) is 15.2 Å². The number of hydrogen-bond acceptors (Lipinski definition) is 11. The number of aromatic hydroxyl groups is 1. The summed E-state index contributed by atoms with van der Waals surface area (Å²) in [5.41, 5.74) is 15.3. The van der Waals surface area contributed by atoms with Crippen molar-refractivity contribution in [1.82, 2.24) is 35.1 Å². The Morgan fingerprint density at radius 3 is 2.56 bits per heavy atom. The molecule has 7 rings (SSSR count). The predicted molar refractivity (Wildman–Crippen MR) is 250 cm³/mol. The number of rotatable bonds is 10. The number of aryl methyl sites for hydroxylation is 1. The highest BCUT2D eigenvalue weighted by molar-refractivity contribution is 5.96. The van der Waals surface area contributed by atoms with E-state index >= 15 is 0 Å². The molecule has 2 aromatic heterocycles. The lowest BCUT2D eigenvalue weighted by Gasteiger charge is -2.37. The van der Waals surface area contributed by atoms with Gasteiger partial charge in [0.2, 0.25) is 17.7 Å². The molecule has 5 atom stereocenters. The maximum atomic E-state index is 14.7. The van der Waals surface area contributed by atoms with E-state index in [9.17, 15) is 29.1 Å². The molecule has 3 aliphatic rings. The summed E-state index contributed by atoms with van der Waals surface area (Å²) in [5, 5.41) is 16.7. The molecule has 2 aromatic carbocycles. The maximum absolute atomic E-state index is 14.7. The summed E-state index contributed by atoms with van der Waals surface area (Å²) in [6, 6.07) is 10.5. The van der Waals surface area contributed by atoms with E-state index < -0.39 is 47.2 Å². The highest BCUT2D eigenvalue weighted by Gasteiger charge is 2.40. The zero-order chi connectivity index (χ0) is 47.6. The van der Waals surface area contributed by atoms with Crippen LogP contribution in [0.15, 0.2) is 54.9 Å². The Morgan fingerprint density at radius 1 is 1.08 bits per heavy atom. The number of benzene rings is 2. The van der Waals surface area contributed by atoms with Crippen LogP contribution in [0.4, 0.5) is 0 Å². The lowest BCUT2D eigenvalue weighted by molar-refractivity contribution is -0.155. The van der Waals surface area contributed by atoms with Gasteiger partial charge in [-0.25, -0.2) is 5.43 Å². The van der Waals surface area contributed by atoms with Crippen LogP contribution in [0, 0.1) is 17.3 Å². The highest BCUT2D eigenvalue weighted by Crippen LogP contribution is 2.42. The van der Waals surface area contributed by atoms with Crippen LogP contribution < -0.4 is 16.5 Å². The minimum absolute atomic E-state index is 0.0138. The number of hydrazine groups is 1. The second-order valence-corrected chi connectivity index (χ2v) is 19.2. The Kier molecular flexibility index (Phi) is 14.5. The van der Waals surface area contributed by atoms with E-state index in [-0.39, 0.29) is 62.2 Å². The number of ether oxygens (including phenoxy) is 2. The van der Waals surface area contributed by atoms with Gasteiger partial charge in [0.15, 0.2) is 0 Å². The number of methoxy groups -OCH3 is 1. The van der Waals surface area contributed by atoms with Gasteiger partial charge in [-0.3, -0.25) is 34.0 Å². The van der Waals surface area contributed by atoms with E-state index in [1.807, 2.05) is 45.2 Å². The molecule has 0 saturated carbocycles. The van der Waals surface area contributed by atoms with Gasteiger partial charge in [0.05, 0.1) is 30.9 Å². The van der Waals surface area contributed by atoms with Gasteiger partial charge in [-0.05, 0) is 104 Å². The summed E-state index contributed by atoms with van der Waals surface area (Å²) in [6.45, 7) is 13.4. The average molecular weight is 907 g/mol. The Bertz CT molecular complexity index is 2480. The number of hydrogen-bond donors (Lipinski definition) is 4. The molecule has 16 heteroatoms. The molecule has 4 aromatic rings. The molecule has 3 aliphatic heterocycles. The third kappa shape index (κ3) is 9.96. The quantitative estimate of drug-likeness (QED) is 0.160. The summed E-state index contributed by atoms with van der Waals surface area (Å²) in [4.78, 5) is 76.9. The largest absolute Gasteiger partial charge is 0.508 e. The van der Waals surface area contributed by atoms with Crippen LogP contribution in [0.1, 0.15) is 83.6 Å². The Morgan fingerprint density at radius 2 is 1.85 bits per heavy atom. The minimum Gasteiger partial charge on any atom is -0.508 e. The summed E-state index contributed by atoms with van der Waals surface area (Å²) < 4.78 is 14.2. The Balaban J connectivity index is 1.31. The monoisotopic (exact) mass is 907 g/mol. The normalized spacial score (nSPS) is 21.0. The van der Waals surface area contributed by atoms with Gasteiger partial charge in [-0.15, -0.1) is 0 Å². The van der Waals surface area contributed by atoms with Crippen LogP contribution in [-0.4, -0.2) is 124 Å². The molecule has 2 fully saturated rings. The fraction of sp³-hybridized carbons (Fsp3) is 0.520. The Labute approximate surface area is 387 Å². The standard InChI is InChI=1S/C50H66N8O8/c1-9-57-42-13-12-32-23-37(42)38(45(57)39-26-52-16-14-36(39)30(4)65-8)24-50(5,6)28-66-49(64)40-11-10-17-58(54-40)48(63)41(21-31-19-34(32)22-35(59)20-31)53-46(61)44(29(2)3)55(7)47(62)33-15-18-56(27-33)43(60)25-51/h12-14,16,19-20,22-23,26,29-30,33,40-41,44,54,59H,9-11,15,17-18,21,24-25,27-28,51H2,1-8H3,(H,53,61)/t30-,33-,40-,41-,44-/m0/s1.